The second-order valence-electron chi connectivity index (χ2n) is 7.11. The number of methoxy groups -OCH3 is 1. The number of carbonyl (C=O) groups is 1. The van der Waals surface area contributed by atoms with Gasteiger partial charge in [0.1, 0.15) is 0 Å². The van der Waals surface area contributed by atoms with Crippen molar-refractivity contribution in [3.8, 4) is 0 Å². The summed E-state index contributed by atoms with van der Waals surface area (Å²) in [4.78, 5) is 16.8. The highest BCUT2D eigenvalue weighted by atomic mass is 16.5. The standard InChI is InChI=1S/C19H28N2O2/c1-23-13-12-21-16-19(10-8-18(21)22)9-5-11-20(15-19)14-17-6-3-2-4-7-17/h2-4,6-7H,5,8-16H2,1H3. The molecule has 1 unspecified atom stereocenters. The van der Waals surface area contributed by atoms with E-state index in [1.54, 1.807) is 7.11 Å². The van der Waals surface area contributed by atoms with Crippen LogP contribution in [0.5, 0.6) is 0 Å². The Bertz CT molecular complexity index is 519. The van der Waals surface area contributed by atoms with E-state index in [1.165, 1.54) is 24.9 Å². The second-order valence-corrected chi connectivity index (χ2v) is 7.11. The molecule has 2 fully saturated rings. The Morgan fingerprint density at radius 3 is 2.78 bits per heavy atom. The lowest BCUT2D eigenvalue weighted by molar-refractivity contribution is -0.140. The molecule has 1 atom stereocenters. The molecular formula is C19H28N2O2. The summed E-state index contributed by atoms with van der Waals surface area (Å²) in [5.41, 5.74) is 1.67. The molecule has 23 heavy (non-hydrogen) atoms. The van der Waals surface area contributed by atoms with Gasteiger partial charge in [-0.25, -0.2) is 0 Å². The Morgan fingerprint density at radius 1 is 1.17 bits per heavy atom. The van der Waals surface area contributed by atoms with Gasteiger partial charge in [-0.1, -0.05) is 30.3 Å². The van der Waals surface area contributed by atoms with Gasteiger partial charge in [0, 0.05) is 45.1 Å². The zero-order valence-electron chi connectivity index (χ0n) is 14.2. The summed E-state index contributed by atoms with van der Waals surface area (Å²) in [6, 6.07) is 10.7. The van der Waals surface area contributed by atoms with Crippen LogP contribution in [0.4, 0.5) is 0 Å². The summed E-state index contributed by atoms with van der Waals surface area (Å²) in [6.07, 6.45) is 4.22. The first-order chi connectivity index (χ1) is 11.2. The van der Waals surface area contributed by atoms with E-state index in [0.717, 1.165) is 32.6 Å². The second kappa shape index (κ2) is 7.45. The molecule has 1 aromatic carbocycles. The SMILES string of the molecule is COCCN1CC2(CCCN(Cc3ccccc3)C2)CCC1=O. The van der Waals surface area contributed by atoms with Crippen molar-refractivity contribution < 1.29 is 9.53 Å². The summed E-state index contributed by atoms with van der Waals surface area (Å²) in [6.45, 7) is 5.57. The molecule has 4 nitrogen and oxygen atoms in total. The van der Waals surface area contributed by atoms with Crippen molar-refractivity contribution in [1.82, 2.24) is 9.80 Å². The van der Waals surface area contributed by atoms with Crippen molar-refractivity contribution in [2.75, 3.05) is 39.9 Å². The number of hydrogen-bond acceptors (Lipinski definition) is 3. The predicted octanol–water partition coefficient (Wildman–Crippen LogP) is 2.54. The van der Waals surface area contributed by atoms with E-state index in [-0.39, 0.29) is 5.41 Å². The van der Waals surface area contributed by atoms with Gasteiger partial charge < -0.3 is 9.64 Å². The number of rotatable bonds is 5. The minimum absolute atomic E-state index is 0.286. The highest BCUT2D eigenvalue weighted by molar-refractivity contribution is 5.77. The molecule has 2 aliphatic rings. The molecule has 1 amide bonds. The van der Waals surface area contributed by atoms with Crippen molar-refractivity contribution >= 4 is 5.91 Å². The summed E-state index contributed by atoms with van der Waals surface area (Å²) in [5, 5.41) is 0. The van der Waals surface area contributed by atoms with E-state index in [4.69, 9.17) is 4.74 Å². The van der Waals surface area contributed by atoms with Gasteiger partial charge in [-0.2, -0.15) is 0 Å². The fraction of sp³-hybridized carbons (Fsp3) is 0.632. The van der Waals surface area contributed by atoms with Crippen LogP contribution >= 0.6 is 0 Å². The number of benzene rings is 1. The molecule has 2 saturated heterocycles. The van der Waals surface area contributed by atoms with Crippen LogP contribution in [0.1, 0.15) is 31.2 Å². The monoisotopic (exact) mass is 316 g/mol. The molecule has 1 aromatic rings. The van der Waals surface area contributed by atoms with Gasteiger partial charge in [-0.15, -0.1) is 0 Å². The summed E-state index contributed by atoms with van der Waals surface area (Å²) >= 11 is 0. The van der Waals surface area contributed by atoms with E-state index in [2.05, 4.69) is 35.2 Å². The maximum atomic E-state index is 12.2. The average Bonchev–Trinajstić information content (AvgIpc) is 2.57. The van der Waals surface area contributed by atoms with Crippen molar-refractivity contribution in [1.29, 1.82) is 0 Å². The molecule has 0 aromatic heterocycles. The molecular weight excluding hydrogens is 288 g/mol. The molecule has 2 heterocycles. The predicted molar refractivity (Wildman–Crippen MR) is 91.1 cm³/mol. The fourth-order valence-corrected chi connectivity index (χ4v) is 4.13. The molecule has 0 saturated carbocycles. The third kappa shape index (κ3) is 4.12. The van der Waals surface area contributed by atoms with E-state index in [0.29, 0.717) is 18.9 Å². The first kappa shape index (κ1) is 16.5. The quantitative estimate of drug-likeness (QED) is 0.837. The van der Waals surface area contributed by atoms with Gasteiger partial charge in [0.2, 0.25) is 5.91 Å². The normalized spacial score (nSPS) is 26.0. The van der Waals surface area contributed by atoms with Crippen molar-refractivity contribution in [2.45, 2.75) is 32.2 Å². The largest absolute Gasteiger partial charge is 0.383 e. The third-order valence-electron chi connectivity index (χ3n) is 5.30. The third-order valence-corrected chi connectivity index (χ3v) is 5.30. The van der Waals surface area contributed by atoms with Gasteiger partial charge in [0.25, 0.3) is 0 Å². The Kier molecular flexibility index (Phi) is 5.34. The Morgan fingerprint density at radius 2 is 2.00 bits per heavy atom. The molecule has 3 rings (SSSR count). The number of amides is 1. The molecule has 126 valence electrons. The van der Waals surface area contributed by atoms with Gasteiger partial charge in [0.05, 0.1) is 6.61 Å². The van der Waals surface area contributed by atoms with Crippen LogP contribution in [-0.2, 0) is 16.1 Å². The van der Waals surface area contributed by atoms with Crippen LogP contribution in [0, 0.1) is 5.41 Å². The Balaban J connectivity index is 1.63. The molecule has 0 radical (unpaired) electrons. The average molecular weight is 316 g/mol. The number of piperidine rings is 2. The van der Waals surface area contributed by atoms with Gasteiger partial charge in [-0.05, 0) is 31.4 Å². The van der Waals surface area contributed by atoms with E-state index >= 15 is 0 Å². The lowest BCUT2D eigenvalue weighted by Gasteiger charge is -2.48. The number of nitrogens with zero attached hydrogens (tertiary/aromatic N) is 2. The first-order valence-electron chi connectivity index (χ1n) is 8.74. The number of hydrogen-bond donors (Lipinski definition) is 0. The van der Waals surface area contributed by atoms with Gasteiger partial charge in [0.15, 0.2) is 0 Å². The lowest BCUT2D eigenvalue weighted by Crippen LogP contribution is -2.54. The molecule has 1 spiro atoms. The lowest BCUT2D eigenvalue weighted by atomic mass is 9.73. The number of carbonyl (C=O) groups excluding carboxylic acids is 1. The number of ether oxygens (including phenoxy) is 1. The number of likely N-dealkylation sites (tertiary alicyclic amines) is 2. The van der Waals surface area contributed by atoms with Crippen molar-refractivity contribution in [3.05, 3.63) is 35.9 Å². The van der Waals surface area contributed by atoms with E-state index in [9.17, 15) is 4.79 Å². The van der Waals surface area contributed by atoms with Gasteiger partial charge in [-0.3, -0.25) is 9.69 Å². The maximum Gasteiger partial charge on any atom is 0.222 e. The van der Waals surface area contributed by atoms with Crippen molar-refractivity contribution in [3.63, 3.8) is 0 Å². The fourth-order valence-electron chi connectivity index (χ4n) is 4.13. The van der Waals surface area contributed by atoms with Crippen LogP contribution in [0.2, 0.25) is 0 Å². The van der Waals surface area contributed by atoms with Crippen LogP contribution < -0.4 is 0 Å². The molecule has 0 bridgehead atoms. The minimum Gasteiger partial charge on any atom is -0.383 e. The van der Waals surface area contributed by atoms with Gasteiger partial charge >= 0.3 is 0 Å². The topological polar surface area (TPSA) is 32.8 Å². The first-order valence-corrected chi connectivity index (χ1v) is 8.74. The van der Waals surface area contributed by atoms with Crippen LogP contribution in [0.25, 0.3) is 0 Å². The smallest absolute Gasteiger partial charge is 0.222 e. The van der Waals surface area contributed by atoms with Crippen molar-refractivity contribution in [2.24, 2.45) is 5.41 Å². The summed E-state index contributed by atoms with van der Waals surface area (Å²) < 4.78 is 5.16. The highest BCUT2D eigenvalue weighted by Crippen LogP contribution is 2.39. The Labute approximate surface area is 139 Å². The van der Waals surface area contributed by atoms with E-state index < -0.39 is 0 Å². The van der Waals surface area contributed by atoms with Crippen LogP contribution in [0.15, 0.2) is 30.3 Å². The molecule has 4 heteroatoms. The minimum atomic E-state index is 0.286. The molecule has 2 aliphatic heterocycles. The molecule has 0 N–H and O–H groups in total. The summed E-state index contributed by atoms with van der Waals surface area (Å²) in [7, 11) is 1.70. The highest BCUT2D eigenvalue weighted by Gasteiger charge is 2.41. The van der Waals surface area contributed by atoms with Crippen LogP contribution in [0.3, 0.4) is 0 Å². The van der Waals surface area contributed by atoms with Crippen LogP contribution in [-0.4, -0.2) is 55.6 Å². The zero-order chi connectivity index (χ0) is 16.1. The molecule has 0 aliphatic carbocycles. The Hall–Kier alpha value is -1.39. The maximum absolute atomic E-state index is 12.2. The summed E-state index contributed by atoms with van der Waals surface area (Å²) in [5.74, 6) is 0.299. The van der Waals surface area contributed by atoms with E-state index in [1.807, 2.05) is 4.90 Å². The zero-order valence-corrected chi connectivity index (χ0v) is 14.2.